The zero-order valence-electron chi connectivity index (χ0n) is 14.8. The minimum atomic E-state index is 0.338. The second kappa shape index (κ2) is 7.43. The highest BCUT2D eigenvalue weighted by atomic mass is 16.5. The third-order valence-corrected chi connectivity index (χ3v) is 5.08. The lowest BCUT2D eigenvalue weighted by Crippen LogP contribution is -2.60. The van der Waals surface area contributed by atoms with Gasteiger partial charge in [-0.15, -0.1) is 0 Å². The SMILES string of the molecule is CC(C)CC1CNC(C(C)(C)C)CN1CCC1CCCO1. The molecule has 21 heavy (non-hydrogen) atoms. The highest BCUT2D eigenvalue weighted by Gasteiger charge is 2.34. The normalized spacial score (nSPS) is 32.0. The molecule has 0 spiro atoms. The van der Waals surface area contributed by atoms with E-state index >= 15 is 0 Å². The molecule has 0 aromatic heterocycles. The van der Waals surface area contributed by atoms with Gasteiger partial charge in [0.05, 0.1) is 6.10 Å². The van der Waals surface area contributed by atoms with Crippen LogP contribution in [0.3, 0.4) is 0 Å². The number of nitrogens with one attached hydrogen (secondary N) is 1. The van der Waals surface area contributed by atoms with Crippen LogP contribution in [0.1, 0.15) is 60.3 Å². The smallest absolute Gasteiger partial charge is 0.0588 e. The Hall–Kier alpha value is -0.120. The van der Waals surface area contributed by atoms with Crippen molar-refractivity contribution in [2.24, 2.45) is 11.3 Å². The average molecular weight is 296 g/mol. The third-order valence-electron chi connectivity index (χ3n) is 5.08. The Balaban J connectivity index is 1.91. The summed E-state index contributed by atoms with van der Waals surface area (Å²) >= 11 is 0. The van der Waals surface area contributed by atoms with Gasteiger partial charge in [0.1, 0.15) is 0 Å². The van der Waals surface area contributed by atoms with Crippen molar-refractivity contribution in [1.82, 2.24) is 10.2 Å². The molecular weight excluding hydrogens is 260 g/mol. The van der Waals surface area contributed by atoms with Gasteiger partial charge in [-0.25, -0.2) is 0 Å². The van der Waals surface area contributed by atoms with Crippen LogP contribution >= 0.6 is 0 Å². The molecule has 124 valence electrons. The van der Waals surface area contributed by atoms with Crippen LogP contribution < -0.4 is 5.32 Å². The summed E-state index contributed by atoms with van der Waals surface area (Å²) in [5.74, 6) is 0.771. The summed E-state index contributed by atoms with van der Waals surface area (Å²) < 4.78 is 5.81. The Morgan fingerprint density at radius 3 is 2.62 bits per heavy atom. The van der Waals surface area contributed by atoms with Gasteiger partial charge in [0, 0.05) is 38.3 Å². The molecule has 0 radical (unpaired) electrons. The molecule has 0 bridgehead atoms. The maximum Gasteiger partial charge on any atom is 0.0588 e. The van der Waals surface area contributed by atoms with Gasteiger partial charge in [-0.1, -0.05) is 34.6 Å². The summed E-state index contributed by atoms with van der Waals surface area (Å²) in [7, 11) is 0. The Morgan fingerprint density at radius 1 is 1.29 bits per heavy atom. The molecule has 2 saturated heterocycles. The highest BCUT2D eigenvalue weighted by Crippen LogP contribution is 2.26. The van der Waals surface area contributed by atoms with Crippen LogP contribution in [0.5, 0.6) is 0 Å². The predicted molar refractivity (Wildman–Crippen MR) is 89.7 cm³/mol. The summed E-state index contributed by atoms with van der Waals surface area (Å²) in [5, 5.41) is 3.80. The molecule has 0 amide bonds. The predicted octanol–water partition coefficient (Wildman–Crippen LogP) is 3.29. The third kappa shape index (κ3) is 5.22. The van der Waals surface area contributed by atoms with Crippen LogP contribution in [0.4, 0.5) is 0 Å². The first-order valence-corrected chi connectivity index (χ1v) is 8.95. The lowest BCUT2D eigenvalue weighted by molar-refractivity contribution is 0.0486. The fraction of sp³-hybridized carbons (Fsp3) is 1.00. The van der Waals surface area contributed by atoms with Crippen molar-refractivity contribution in [3.8, 4) is 0 Å². The number of ether oxygens (including phenoxy) is 1. The van der Waals surface area contributed by atoms with Crippen LogP contribution in [0.25, 0.3) is 0 Å². The Morgan fingerprint density at radius 2 is 2.05 bits per heavy atom. The fourth-order valence-electron chi connectivity index (χ4n) is 3.67. The molecule has 2 heterocycles. The first-order valence-electron chi connectivity index (χ1n) is 8.95. The van der Waals surface area contributed by atoms with E-state index in [2.05, 4.69) is 44.8 Å². The lowest BCUT2D eigenvalue weighted by Gasteiger charge is -2.46. The molecular formula is C18H36N2O. The minimum Gasteiger partial charge on any atom is -0.378 e. The van der Waals surface area contributed by atoms with E-state index in [0.29, 0.717) is 23.6 Å². The monoisotopic (exact) mass is 296 g/mol. The largest absolute Gasteiger partial charge is 0.378 e. The Labute approximate surface area is 131 Å². The van der Waals surface area contributed by atoms with E-state index in [0.717, 1.165) is 19.1 Å². The van der Waals surface area contributed by atoms with E-state index in [9.17, 15) is 0 Å². The van der Waals surface area contributed by atoms with Crippen LogP contribution in [0, 0.1) is 11.3 Å². The van der Waals surface area contributed by atoms with Gasteiger partial charge in [-0.05, 0) is 37.0 Å². The number of nitrogens with zero attached hydrogens (tertiary/aromatic N) is 1. The van der Waals surface area contributed by atoms with E-state index in [1.165, 1.54) is 38.8 Å². The summed E-state index contributed by atoms with van der Waals surface area (Å²) in [6, 6.07) is 1.30. The summed E-state index contributed by atoms with van der Waals surface area (Å²) in [4.78, 5) is 2.74. The minimum absolute atomic E-state index is 0.338. The summed E-state index contributed by atoms with van der Waals surface area (Å²) in [6.45, 7) is 16.3. The van der Waals surface area contributed by atoms with Crippen LogP contribution in [-0.4, -0.2) is 49.3 Å². The van der Waals surface area contributed by atoms with Crippen molar-refractivity contribution >= 4 is 0 Å². The Kier molecular flexibility index (Phi) is 6.10. The number of piperazine rings is 1. The molecule has 2 fully saturated rings. The van der Waals surface area contributed by atoms with Crippen LogP contribution in [0.15, 0.2) is 0 Å². The second-order valence-electron chi connectivity index (χ2n) is 8.53. The van der Waals surface area contributed by atoms with Crippen molar-refractivity contribution < 1.29 is 4.74 Å². The van der Waals surface area contributed by atoms with Gasteiger partial charge >= 0.3 is 0 Å². The topological polar surface area (TPSA) is 24.5 Å². The average Bonchev–Trinajstić information content (AvgIpc) is 2.88. The fourth-order valence-corrected chi connectivity index (χ4v) is 3.67. The summed E-state index contributed by atoms with van der Waals surface area (Å²) in [5.41, 5.74) is 0.338. The van der Waals surface area contributed by atoms with Crippen LogP contribution in [-0.2, 0) is 4.74 Å². The molecule has 2 aliphatic heterocycles. The van der Waals surface area contributed by atoms with Gasteiger partial charge in [-0.2, -0.15) is 0 Å². The van der Waals surface area contributed by atoms with Crippen LogP contribution in [0.2, 0.25) is 0 Å². The van der Waals surface area contributed by atoms with Crippen molar-refractivity contribution in [2.75, 3.05) is 26.2 Å². The lowest BCUT2D eigenvalue weighted by atomic mass is 9.84. The number of hydrogen-bond acceptors (Lipinski definition) is 3. The molecule has 3 unspecified atom stereocenters. The second-order valence-corrected chi connectivity index (χ2v) is 8.53. The molecule has 2 rings (SSSR count). The highest BCUT2D eigenvalue weighted by molar-refractivity contribution is 4.92. The Bertz CT molecular complexity index is 305. The molecule has 0 aromatic carbocycles. The molecule has 0 saturated carbocycles. The zero-order chi connectivity index (χ0) is 15.5. The standard InChI is InChI=1S/C18H36N2O/c1-14(2)11-15-12-19-17(18(3,4)5)13-20(15)9-8-16-7-6-10-21-16/h14-17,19H,6-13H2,1-5H3. The molecule has 3 atom stereocenters. The molecule has 3 heteroatoms. The van der Waals surface area contributed by atoms with Crippen molar-refractivity contribution in [2.45, 2.75) is 78.5 Å². The maximum absolute atomic E-state index is 5.81. The first-order chi connectivity index (χ1) is 9.86. The van der Waals surface area contributed by atoms with Gasteiger partial charge in [-0.3, -0.25) is 4.90 Å². The van der Waals surface area contributed by atoms with E-state index < -0.39 is 0 Å². The van der Waals surface area contributed by atoms with Crippen molar-refractivity contribution in [1.29, 1.82) is 0 Å². The van der Waals surface area contributed by atoms with Crippen molar-refractivity contribution in [3.63, 3.8) is 0 Å². The van der Waals surface area contributed by atoms with E-state index in [4.69, 9.17) is 4.74 Å². The van der Waals surface area contributed by atoms with Gasteiger partial charge < -0.3 is 10.1 Å². The maximum atomic E-state index is 5.81. The van der Waals surface area contributed by atoms with E-state index in [1.54, 1.807) is 0 Å². The first kappa shape index (κ1) is 17.2. The van der Waals surface area contributed by atoms with E-state index in [-0.39, 0.29) is 0 Å². The molecule has 0 aliphatic carbocycles. The van der Waals surface area contributed by atoms with E-state index in [1.807, 2.05) is 0 Å². The molecule has 3 nitrogen and oxygen atoms in total. The van der Waals surface area contributed by atoms with Gasteiger partial charge in [0.15, 0.2) is 0 Å². The molecule has 0 aromatic rings. The summed E-state index contributed by atoms with van der Waals surface area (Å²) in [6.07, 6.45) is 5.56. The molecule has 2 aliphatic rings. The number of hydrogen-bond donors (Lipinski definition) is 1. The van der Waals surface area contributed by atoms with Gasteiger partial charge in [0.2, 0.25) is 0 Å². The quantitative estimate of drug-likeness (QED) is 0.842. The zero-order valence-corrected chi connectivity index (χ0v) is 14.8. The molecule has 1 N–H and O–H groups in total. The van der Waals surface area contributed by atoms with Gasteiger partial charge in [0.25, 0.3) is 0 Å². The van der Waals surface area contributed by atoms with Crippen molar-refractivity contribution in [3.05, 3.63) is 0 Å². The number of rotatable bonds is 5.